The van der Waals surface area contributed by atoms with E-state index in [4.69, 9.17) is 0 Å². The highest BCUT2D eigenvalue weighted by Gasteiger charge is 2.21. The first-order chi connectivity index (χ1) is 7.45. The summed E-state index contributed by atoms with van der Waals surface area (Å²) in [6.07, 6.45) is 3.85. The molecule has 2 nitrogen and oxygen atoms in total. The monoisotopic (exact) mass is 202 g/mol. The fourth-order valence-corrected chi connectivity index (χ4v) is 2.82. The topological polar surface area (TPSA) is 24.1 Å². The molecule has 0 saturated carbocycles. The number of benzene rings is 1. The normalized spacial score (nSPS) is 24.7. The molecule has 3 rings (SSSR count). The lowest BCUT2D eigenvalue weighted by Crippen LogP contribution is -2.28. The third-order valence-electron chi connectivity index (χ3n) is 3.62. The Kier molecular flexibility index (Phi) is 2.37. The second kappa shape index (κ2) is 3.86. The van der Waals surface area contributed by atoms with Gasteiger partial charge in [-0.25, -0.2) is 0 Å². The fraction of sp³-hybridized carbons (Fsp3) is 0.538. The largest absolute Gasteiger partial charge is 0.384 e. The van der Waals surface area contributed by atoms with Crippen LogP contribution in [-0.2, 0) is 6.42 Å². The van der Waals surface area contributed by atoms with E-state index in [0.29, 0.717) is 0 Å². The van der Waals surface area contributed by atoms with E-state index in [-0.39, 0.29) is 0 Å². The summed E-state index contributed by atoms with van der Waals surface area (Å²) >= 11 is 0. The molecule has 2 heteroatoms. The lowest BCUT2D eigenvalue weighted by Gasteiger charge is -2.25. The summed E-state index contributed by atoms with van der Waals surface area (Å²) in [4.78, 5) is 0. The third-order valence-corrected chi connectivity index (χ3v) is 3.62. The van der Waals surface area contributed by atoms with E-state index < -0.39 is 0 Å². The van der Waals surface area contributed by atoms with E-state index in [2.05, 4.69) is 28.8 Å². The van der Waals surface area contributed by atoms with Gasteiger partial charge < -0.3 is 10.6 Å². The van der Waals surface area contributed by atoms with E-state index in [0.717, 1.165) is 19.0 Å². The van der Waals surface area contributed by atoms with Crippen molar-refractivity contribution in [1.29, 1.82) is 0 Å². The lowest BCUT2D eigenvalue weighted by atomic mass is 9.89. The summed E-state index contributed by atoms with van der Waals surface area (Å²) in [6, 6.07) is 6.78. The molecular weight excluding hydrogens is 184 g/mol. The minimum atomic E-state index is 0.722. The van der Waals surface area contributed by atoms with Crippen LogP contribution in [0, 0.1) is 0 Å². The number of anilines is 1. The molecule has 1 atom stereocenters. The van der Waals surface area contributed by atoms with Gasteiger partial charge in [0.05, 0.1) is 0 Å². The van der Waals surface area contributed by atoms with Crippen molar-refractivity contribution >= 4 is 5.69 Å². The number of para-hydroxylation sites is 1. The molecule has 0 amide bonds. The van der Waals surface area contributed by atoms with Crippen LogP contribution in [0.5, 0.6) is 0 Å². The van der Waals surface area contributed by atoms with E-state index >= 15 is 0 Å². The Bertz CT molecular complexity index is 354. The molecule has 2 aliphatic rings. The first-order valence-corrected chi connectivity index (χ1v) is 6.01. The van der Waals surface area contributed by atoms with Gasteiger partial charge >= 0.3 is 0 Å². The van der Waals surface area contributed by atoms with Crippen LogP contribution in [0.2, 0.25) is 0 Å². The van der Waals surface area contributed by atoms with Gasteiger partial charge in [0.25, 0.3) is 0 Å². The molecule has 1 fully saturated rings. The molecule has 0 radical (unpaired) electrons. The quantitative estimate of drug-likeness (QED) is 0.729. The molecule has 1 saturated heterocycles. The number of hydrogen-bond acceptors (Lipinski definition) is 2. The van der Waals surface area contributed by atoms with Crippen LogP contribution in [0.15, 0.2) is 18.2 Å². The fourth-order valence-electron chi connectivity index (χ4n) is 2.82. The molecule has 0 bridgehead atoms. The van der Waals surface area contributed by atoms with Gasteiger partial charge in [0.1, 0.15) is 0 Å². The predicted octanol–water partition coefficient (Wildman–Crippen LogP) is 2.12. The van der Waals surface area contributed by atoms with Gasteiger partial charge in [-0.1, -0.05) is 18.2 Å². The minimum Gasteiger partial charge on any atom is -0.384 e. The van der Waals surface area contributed by atoms with Gasteiger partial charge in [-0.3, -0.25) is 0 Å². The average molecular weight is 202 g/mol. The zero-order chi connectivity index (χ0) is 10.1. The summed E-state index contributed by atoms with van der Waals surface area (Å²) in [5.74, 6) is 0.722. The molecule has 0 spiro atoms. The summed E-state index contributed by atoms with van der Waals surface area (Å²) in [5, 5.41) is 7.03. The Labute approximate surface area is 91.1 Å². The second-order valence-electron chi connectivity index (χ2n) is 4.60. The SMILES string of the molecule is c1cc2c(c(C3CCCNC3)c1)NCC2. The minimum absolute atomic E-state index is 0.722. The van der Waals surface area contributed by atoms with Crippen molar-refractivity contribution in [2.75, 3.05) is 25.0 Å². The van der Waals surface area contributed by atoms with Crippen LogP contribution in [0.1, 0.15) is 29.9 Å². The van der Waals surface area contributed by atoms with E-state index in [9.17, 15) is 0 Å². The van der Waals surface area contributed by atoms with Crippen LogP contribution in [-0.4, -0.2) is 19.6 Å². The van der Waals surface area contributed by atoms with Crippen molar-refractivity contribution in [2.24, 2.45) is 0 Å². The number of rotatable bonds is 1. The number of piperidine rings is 1. The summed E-state index contributed by atoms with van der Waals surface area (Å²) in [5.41, 5.74) is 4.49. The summed E-state index contributed by atoms with van der Waals surface area (Å²) in [6.45, 7) is 3.46. The van der Waals surface area contributed by atoms with Crippen LogP contribution < -0.4 is 10.6 Å². The van der Waals surface area contributed by atoms with Crippen molar-refractivity contribution in [1.82, 2.24) is 5.32 Å². The number of fused-ring (bicyclic) bond motifs is 1. The predicted molar refractivity (Wildman–Crippen MR) is 63.5 cm³/mol. The van der Waals surface area contributed by atoms with Crippen LogP contribution in [0.4, 0.5) is 5.69 Å². The molecule has 1 unspecified atom stereocenters. The maximum Gasteiger partial charge on any atom is 0.0409 e. The average Bonchev–Trinajstić information content (AvgIpc) is 2.78. The van der Waals surface area contributed by atoms with Crippen molar-refractivity contribution in [2.45, 2.75) is 25.2 Å². The maximum absolute atomic E-state index is 3.54. The zero-order valence-electron chi connectivity index (χ0n) is 9.05. The molecule has 0 aromatic heterocycles. The van der Waals surface area contributed by atoms with Gasteiger partial charge in [0.2, 0.25) is 0 Å². The molecule has 80 valence electrons. The van der Waals surface area contributed by atoms with E-state index in [1.54, 1.807) is 0 Å². The van der Waals surface area contributed by atoms with Crippen molar-refractivity contribution in [3.05, 3.63) is 29.3 Å². The Morgan fingerprint density at radius 3 is 3.07 bits per heavy atom. The molecule has 1 aromatic carbocycles. The molecule has 2 N–H and O–H groups in total. The summed E-state index contributed by atoms with van der Waals surface area (Å²) < 4.78 is 0. The molecular formula is C13H18N2. The highest BCUT2D eigenvalue weighted by molar-refractivity contribution is 5.62. The Morgan fingerprint density at radius 1 is 1.20 bits per heavy atom. The van der Waals surface area contributed by atoms with E-state index in [1.807, 2.05) is 0 Å². The molecule has 0 aliphatic carbocycles. The van der Waals surface area contributed by atoms with Gasteiger partial charge in [0, 0.05) is 18.8 Å². The van der Waals surface area contributed by atoms with Crippen molar-refractivity contribution < 1.29 is 0 Å². The van der Waals surface area contributed by atoms with Gasteiger partial charge in [-0.15, -0.1) is 0 Å². The zero-order valence-corrected chi connectivity index (χ0v) is 9.05. The Morgan fingerprint density at radius 2 is 2.20 bits per heavy atom. The second-order valence-corrected chi connectivity index (χ2v) is 4.60. The lowest BCUT2D eigenvalue weighted by molar-refractivity contribution is 0.462. The standard InChI is InChI=1S/C13H18N2/c1-3-10-6-8-15-13(10)12(5-1)11-4-2-7-14-9-11/h1,3,5,11,14-15H,2,4,6-9H2. The van der Waals surface area contributed by atoms with Crippen LogP contribution >= 0.6 is 0 Å². The highest BCUT2D eigenvalue weighted by atomic mass is 14.9. The first-order valence-electron chi connectivity index (χ1n) is 6.01. The summed E-state index contributed by atoms with van der Waals surface area (Å²) in [7, 11) is 0. The number of nitrogens with one attached hydrogen (secondary N) is 2. The highest BCUT2D eigenvalue weighted by Crippen LogP contribution is 2.34. The van der Waals surface area contributed by atoms with Gasteiger partial charge in [-0.2, -0.15) is 0 Å². The van der Waals surface area contributed by atoms with Crippen molar-refractivity contribution in [3.63, 3.8) is 0 Å². The van der Waals surface area contributed by atoms with E-state index in [1.165, 1.54) is 42.6 Å². The maximum atomic E-state index is 3.54. The van der Waals surface area contributed by atoms with Gasteiger partial charge in [0.15, 0.2) is 0 Å². The number of hydrogen-bond donors (Lipinski definition) is 2. The third kappa shape index (κ3) is 1.63. The van der Waals surface area contributed by atoms with Gasteiger partial charge in [-0.05, 0) is 42.9 Å². The van der Waals surface area contributed by atoms with Crippen LogP contribution in [0.25, 0.3) is 0 Å². The van der Waals surface area contributed by atoms with Crippen LogP contribution in [0.3, 0.4) is 0 Å². The first kappa shape index (κ1) is 9.22. The molecule has 15 heavy (non-hydrogen) atoms. The molecule has 2 aliphatic heterocycles. The molecule has 1 aromatic rings. The molecule has 2 heterocycles. The Hall–Kier alpha value is -1.02. The smallest absolute Gasteiger partial charge is 0.0409 e. The Balaban J connectivity index is 1.93. The van der Waals surface area contributed by atoms with Crippen molar-refractivity contribution in [3.8, 4) is 0 Å².